The van der Waals surface area contributed by atoms with Crippen molar-refractivity contribution >= 4 is 5.97 Å². The Labute approximate surface area is 74.5 Å². The minimum Gasteiger partial charge on any atom is -0.478 e. The van der Waals surface area contributed by atoms with Crippen LogP contribution in [-0.4, -0.2) is 16.1 Å². The number of H-pyrrole nitrogens is 1. The van der Waals surface area contributed by atoms with E-state index in [-0.39, 0.29) is 5.56 Å². The van der Waals surface area contributed by atoms with Gasteiger partial charge in [0.05, 0.1) is 0 Å². The molecule has 2 N–H and O–H groups in total. The third-order valence-electron chi connectivity index (χ3n) is 1.43. The summed E-state index contributed by atoms with van der Waals surface area (Å²) in [6.45, 7) is 0. The molecule has 0 spiro atoms. The van der Waals surface area contributed by atoms with Gasteiger partial charge in [0.1, 0.15) is 0 Å². The van der Waals surface area contributed by atoms with Gasteiger partial charge in [-0.2, -0.15) is 0 Å². The van der Waals surface area contributed by atoms with Gasteiger partial charge in [-0.25, -0.2) is 4.79 Å². The molecule has 68 valence electrons. The summed E-state index contributed by atoms with van der Waals surface area (Å²) in [5, 5.41) is 8.29. The Bertz CT molecular complexity index is 378. The zero-order valence-electron chi connectivity index (χ0n) is 6.86. The molecular formula is C9H9NO3. The van der Waals surface area contributed by atoms with Crippen LogP contribution in [-0.2, 0) is 11.2 Å². The highest BCUT2D eigenvalue weighted by Crippen LogP contribution is 1.92. The minimum absolute atomic E-state index is 0.179. The molecule has 1 rings (SSSR count). The summed E-state index contributed by atoms with van der Waals surface area (Å²) in [4.78, 5) is 23.5. The summed E-state index contributed by atoms with van der Waals surface area (Å²) in [6.07, 6.45) is 2.95. The molecule has 1 aromatic heterocycles. The first-order chi connectivity index (χ1) is 6.18. The Balaban J connectivity index is 2.65. The van der Waals surface area contributed by atoms with E-state index in [0.29, 0.717) is 12.1 Å². The Hall–Kier alpha value is -1.84. The van der Waals surface area contributed by atoms with E-state index in [4.69, 9.17) is 5.11 Å². The molecule has 0 aromatic carbocycles. The first-order valence-electron chi connectivity index (χ1n) is 3.76. The zero-order chi connectivity index (χ0) is 9.68. The highest BCUT2D eigenvalue weighted by molar-refractivity contribution is 5.79. The quantitative estimate of drug-likeness (QED) is 0.666. The maximum atomic E-state index is 10.8. The lowest BCUT2D eigenvalue weighted by molar-refractivity contribution is -0.131. The number of aliphatic carboxylic acids is 1. The fourth-order valence-corrected chi connectivity index (χ4v) is 0.899. The van der Waals surface area contributed by atoms with Crippen LogP contribution in [0.1, 0.15) is 5.69 Å². The average Bonchev–Trinajstić information content (AvgIpc) is 2.03. The third-order valence-corrected chi connectivity index (χ3v) is 1.43. The first-order valence-corrected chi connectivity index (χ1v) is 3.76. The van der Waals surface area contributed by atoms with Crippen molar-refractivity contribution in [2.24, 2.45) is 0 Å². The Morgan fingerprint density at radius 2 is 2.31 bits per heavy atom. The van der Waals surface area contributed by atoms with Crippen molar-refractivity contribution in [3.8, 4) is 0 Å². The number of carboxylic acids is 1. The van der Waals surface area contributed by atoms with Gasteiger partial charge in [0.15, 0.2) is 0 Å². The number of hydrogen-bond acceptors (Lipinski definition) is 2. The molecule has 0 atom stereocenters. The fourth-order valence-electron chi connectivity index (χ4n) is 0.899. The third kappa shape index (κ3) is 3.37. The van der Waals surface area contributed by atoms with E-state index in [9.17, 15) is 9.59 Å². The van der Waals surface area contributed by atoms with Crippen LogP contribution < -0.4 is 5.56 Å². The summed E-state index contributed by atoms with van der Waals surface area (Å²) in [7, 11) is 0. The van der Waals surface area contributed by atoms with Crippen LogP contribution in [0.4, 0.5) is 0 Å². The molecule has 1 aromatic rings. The van der Waals surface area contributed by atoms with E-state index >= 15 is 0 Å². The van der Waals surface area contributed by atoms with Crippen molar-refractivity contribution in [2.45, 2.75) is 6.42 Å². The predicted octanol–water partition coefficient (Wildman–Crippen LogP) is 0.558. The fraction of sp³-hybridized carbons (Fsp3) is 0.111. The summed E-state index contributed by atoms with van der Waals surface area (Å²) in [6, 6.07) is 4.76. The van der Waals surface area contributed by atoms with Crippen LogP contribution in [0, 0.1) is 0 Å². The second-order valence-electron chi connectivity index (χ2n) is 2.49. The standard InChI is InChI=1S/C9H9NO3/c11-8-5-1-3-7(10-8)4-2-6-9(12)13/h1-3,5-6H,4H2,(H,10,11)(H,12,13)/b6-2-. The maximum absolute atomic E-state index is 10.8. The van der Waals surface area contributed by atoms with Crippen LogP contribution in [0.3, 0.4) is 0 Å². The molecular weight excluding hydrogens is 170 g/mol. The average molecular weight is 179 g/mol. The topological polar surface area (TPSA) is 70.2 Å². The van der Waals surface area contributed by atoms with Crippen molar-refractivity contribution in [1.29, 1.82) is 0 Å². The molecule has 4 heteroatoms. The van der Waals surface area contributed by atoms with Crippen molar-refractivity contribution in [3.63, 3.8) is 0 Å². The van der Waals surface area contributed by atoms with Crippen molar-refractivity contribution in [2.75, 3.05) is 0 Å². The van der Waals surface area contributed by atoms with Gasteiger partial charge in [-0.15, -0.1) is 0 Å². The van der Waals surface area contributed by atoms with Gasteiger partial charge >= 0.3 is 5.97 Å². The number of nitrogens with one attached hydrogen (secondary N) is 1. The lowest BCUT2D eigenvalue weighted by atomic mass is 10.2. The molecule has 0 amide bonds. The van der Waals surface area contributed by atoms with Gasteiger partial charge in [0.2, 0.25) is 5.56 Å². The zero-order valence-corrected chi connectivity index (χ0v) is 6.86. The van der Waals surface area contributed by atoms with E-state index < -0.39 is 5.97 Å². The molecule has 0 saturated carbocycles. The van der Waals surface area contributed by atoms with Crippen molar-refractivity contribution in [3.05, 3.63) is 46.4 Å². The monoisotopic (exact) mass is 179 g/mol. The van der Waals surface area contributed by atoms with Gasteiger partial charge in [0, 0.05) is 24.3 Å². The highest BCUT2D eigenvalue weighted by atomic mass is 16.4. The number of pyridine rings is 1. The van der Waals surface area contributed by atoms with Crippen LogP contribution in [0.15, 0.2) is 35.1 Å². The van der Waals surface area contributed by atoms with Crippen molar-refractivity contribution < 1.29 is 9.90 Å². The maximum Gasteiger partial charge on any atom is 0.327 e. The second-order valence-corrected chi connectivity index (χ2v) is 2.49. The van der Waals surface area contributed by atoms with Gasteiger partial charge in [-0.1, -0.05) is 12.1 Å². The van der Waals surface area contributed by atoms with E-state index in [2.05, 4.69) is 4.98 Å². The van der Waals surface area contributed by atoms with Crippen LogP contribution in [0.25, 0.3) is 0 Å². The Morgan fingerprint density at radius 1 is 1.54 bits per heavy atom. The van der Waals surface area contributed by atoms with Crippen LogP contribution in [0.5, 0.6) is 0 Å². The normalized spacial score (nSPS) is 10.5. The molecule has 0 aliphatic carbocycles. The first kappa shape index (κ1) is 9.25. The largest absolute Gasteiger partial charge is 0.478 e. The summed E-state index contributed by atoms with van der Waals surface area (Å²) < 4.78 is 0. The molecule has 0 unspecified atom stereocenters. The highest BCUT2D eigenvalue weighted by Gasteiger charge is 1.90. The van der Waals surface area contributed by atoms with Crippen LogP contribution in [0.2, 0.25) is 0 Å². The van der Waals surface area contributed by atoms with E-state index in [0.717, 1.165) is 6.08 Å². The SMILES string of the molecule is O=C(O)/C=C\Cc1cccc(=O)[nH]1. The molecule has 0 radical (unpaired) electrons. The number of carbonyl (C=O) groups is 1. The van der Waals surface area contributed by atoms with Gasteiger partial charge in [-0.3, -0.25) is 4.79 Å². The van der Waals surface area contributed by atoms with Gasteiger partial charge < -0.3 is 10.1 Å². The molecule has 0 aliphatic heterocycles. The predicted molar refractivity (Wildman–Crippen MR) is 47.5 cm³/mol. The smallest absolute Gasteiger partial charge is 0.327 e. The molecule has 0 saturated heterocycles. The molecule has 0 aliphatic rings. The summed E-state index contributed by atoms with van der Waals surface area (Å²) in [5.41, 5.74) is 0.520. The minimum atomic E-state index is -0.988. The number of rotatable bonds is 3. The molecule has 13 heavy (non-hydrogen) atoms. The van der Waals surface area contributed by atoms with Crippen molar-refractivity contribution in [1.82, 2.24) is 4.98 Å². The van der Waals surface area contributed by atoms with E-state index in [1.807, 2.05) is 0 Å². The number of aromatic nitrogens is 1. The Kier molecular flexibility index (Phi) is 3.03. The molecule has 0 bridgehead atoms. The Morgan fingerprint density at radius 3 is 2.92 bits per heavy atom. The number of carboxylic acid groups (broad SMARTS) is 1. The van der Waals surface area contributed by atoms with Gasteiger partial charge in [-0.05, 0) is 6.07 Å². The van der Waals surface area contributed by atoms with E-state index in [1.165, 1.54) is 12.1 Å². The van der Waals surface area contributed by atoms with E-state index in [1.54, 1.807) is 12.1 Å². The van der Waals surface area contributed by atoms with Gasteiger partial charge in [0.25, 0.3) is 0 Å². The molecule has 0 fully saturated rings. The lowest BCUT2D eigenvalue weighted by Crippen LogP contribution is -2.05. The number of hydrogen-bond donors (Lipinski definition) is 2. The number of aromatic amines is 1. The second kappa shape index (κ2) is 4.25. The molecule has 1 heterocycles. The summed E-state index contributed by atoms with van der Waals surface area (Å²) in [5.74, 6) is -0.988. The summed E-state index contributed by atoms with van der Waals surface area (Å²) >= 11 is 0. The molecule has 4 nitrogen and oxygen atoms in total. The lowest BCUT2D eigenvalue weighted by Gasteiger charge is -1.93. The van der Waals surface area contributed by atoms with Crippen LogP contribution >= 0.6 is 0 Å². The number of allylic oxidation sites excluding steroid dienone is 1.